The highest BCUT2D eigenvalue weighted by Gasteiger charge is 2.11. The Morgan fingerprint density at radius 2 is 2.25 bits per heavy atom. The van der Waals surface area contributed by atoms with E-state index in [4.69, 9.17) is 9.26 Å². The molecular formula is C16H20N6O2. The molecule has 0 fully saturated rings. The van der Waals surface area contributed by atoms with Gasteiger partial charge in [0.2, 0.25) is 0 Å². The average Bonchev–Trinajstić information content (AvgIpc) is 3.28. The van der Waals surface area contributed by atoms with Crippen molar-refractivity contribution in [1.82, 2.24) is 24.9 Å². The van der Waals surface area contributed by atoms with Crippen LogP contribution in [0, 0.1) is 0 Å². The first-order valence-electron chi connectivity index (χ1n) is 7.80. The molecule has 0 bridgehead atoms. The number of aromatic nitrogens is 5. The third kappa shape index (κ3) is 3.77. The standard InChI is InChI=1S/C16H20N6O2/c1-3-21(9-10-22-8-4-7-18-22)15-6-5-13(11-17-15)16-19-14(12-23-2)20-24-16/h4-8,11H,3,9-10,12H2,1-2H3. The van der Waals surface area contributed by atoms with Crippen molar-refractivity contribution in [3.05, 3.63) is 42.6 Å². The maximum absolute atomic E-state index is 5.22. The van der Waals surface area contributed by atoms with Crippen LogP contribution in [0.15, 0.2) is 41.3 Å². The van der Waals surface area contributed by atoms with Gasteiger partial charge in [0.05, 0.1) is 12.1 Å². The molecule has 0 radical (unpaired) electrons. The molecule has 0 aliphatic heterocycles. The van der Waals surface area contributed by atoms with Gasteiger partial charge in [0.15, 0.2) is 5.82 Å². The van der Waals surface area contributed by atoms with Gasteiger partial charge in [-0.05, 0) is 25.1 Å². The Labute approximate surface area is 140 Å². The summed E-state index contributed by atoms with van der Waals surface area (Å²) in [7, 11) is 1.59. The molecule has 8 heteroatoms. The second-order valence-corrected chi connectivity index (χ2v) is 5.20. The van der Waals surface area contributed by atoms with Gasteiger partial charge in [0, 0.05) is 38.8 Å². The van der Waals surface area contributed by atoms with Crippen molar-refractivity contribution in [2.24, 2.45) is 0 Å². The van der Waals surface area contributed by atoms with E-state index in [9.17, 15) is 0 Å². The maximum atomic E-state index is 5.22. The van der Waals surface area contributed by atoms with E-state index in [1.807, 2.05) is 29.1 Å². The second kappa shape index (κ2) is 7.69. The largest absolute Gasteiger partial charge is 0.377 e. The zero-order valence-corrected chi connectivity index (χ0v) is 13.8. The lowest BCUT2D eigenvalue weighted by Gasteiger charge is -2.21. The van der Waals surface area contributed by atoms with Crippen LogP contribution in [-0.4, -0.2) is 45.1 Å². The minimum Gasteiger partial charge on any atom is -0.377 e. The Kier molecular flexibility index (Phi) is 5.17. The van der Waals surface area contributed by atoms with Crippen LogP contribution in [0.3, 0.4) is 0 Å². The smallest absolute Gasteiger partial charge is 0.259 e. The van der Waals surface area contributed by atoms with E-state index in [1.54, 1.807) is 19.5 Å². The van der Waals surface area contributed by atoms with Crippen LogP contribution in [-0.2, 0) is 17.9 Å². The van der Waals surface area contributed by atoms with Gasteiger partial charge in [-0.25, -0.2) is 4.98 Å². The van der Waals surface area contributed by atoms with Crippen molar-refractivity contribution in [2.45, 2.75) is 20.1 Å². The Bertz CT molecular complexity index is 738. The normalized spacial score (nSPS) is 10.9. The molecule has 24 heavy (non-hydrogen) atoms. The Morgan fingerprint density at radius 1 is 1.33 bits per heavy atom. The summed E-state index contributed by atoms with van der Waals surface area (Å²) in [5.74, 6) is 1.87. The molecule has 3 heterocycles. The maximum Gasteiger partial charge on any atom is 0.259 e. The van der Waals surface area contributed by atoms with Crippen molar-refractivity contribution < 1.29 is 9.26 Å². The van der Waals surface area contributed by atoms with Crippen molar-refractivity contribution >= 4 is 5.82 Å². The number of hydrogen-bond donors (Lipinski definition) is 0. The molecule has 0 saturated heterocycles. The van der Waals surface area contributed by atoms with Gasteiger partial charge in [-0.3, -0.25) is 4.68 Å². The van der Waals surface area contributed by atoms with E-state index in [0.29, 0.717) is 18.3 Å². The van der Waals surface area contributed by atoms with Crippen molar-refractivity contribution in [3.63, 3.8) is 0 Å². The predicted octanol–water partition coefficient (Wildman–Crippen LogP) is 2.00. The van der Waals surface area contributed by atoms with E-state index in [0.717, 1.165) is 31.0 Å². The quantitative estimate of drug-likeness (QED) is 0.625. The van der Waals surface area contributed by atoms with Crippen molar-refractivity contribution in [3.8, 4) is 11.5 Å². The molecule has 0 aromatic carbocycles. The van der Waals surface area contributed by atoms with Gasteiger partial charge < -0.3 is 14.2 Å². The molecule has 0 aliphatic carbocycles. The van der Waals surface area contributed by atoms with Gasteiger partial charge in [-0.15, -0.1) is 0 Å². The molecule has 126 valence electrons. The summed E-state index contributed by atoms with van der Waals surface area (Å²) < 4.78 is 12.1. The molecule has 0 unspecified atom stereocenters. The molecule has 0 spiro atoms. The summed E-state index contributed by atoms with van der Waals surface area (Å²) in [4.78, 5) is 11.0. The van der Waals surface area contributed by atoms with E-state index in [2.05, 4.69) is 32.0 Å². The fourth-order valence-electron chi connectivity index (χ4n) is 2.35. The minimum absolute atomic E-state index is 0.325. The number of hydrogen-bond acceptors (Lipinski definition) is 7. The van der Waals surface area contributed by atoms with Crippen LogP contribution in [0.2, 0.25) is 0 Å². The zero-order valence-electron chi connectivity index (χ0n) is 13.8. The number of nitrogens with zero attached hydrogens (tertiary/aromatic N) is 6. The average molecular weight is 328 g/mol. The second-order valence-electron chi connectivity index (χ2n) is 5.20. The first-order valence-corrected chi connectivity index (χ1v) is 7.80. The van der Waals surface area contributed by atoms with Crippen molar-refractivity contribution in [1.29, 1.82) is 0 Å². The summed E-state index contributed by atoms with van der Waals surface area (Å²) in [6, 6.07) is 5.82. The number of anilines is 1. The van der Waals surface area contributed by atoms with Gasteiger partial charge >= 0.3 is 0 Å². The number of methoxy groups -OCH3 is 1. The highest BCUT2D eigenvalue weighted by atomic mass is 16.5. The third-order valence-corrected chi connectivity index (χ3v) is 3.60. The highest BCUT2D eigenvalue weighted by molar-refractivity contribution is 5.54. The lowest BCUT2D eigenvalue weighted by Crippen LogP contribution is -2.28. The third-order valence-electron chi connectivity index (χ3n) is 3.60. The van der Waals surface area contributed by atoms with Gasteiger partial charge in [-0.1, -0.05) is 5.16 Å². The molecular weight excluding hydrogens is 308 g/mol. The molecule has 3 rings (SSSR count). The van der Waals surface area contributed by atoms with E-state index in [1.165, 1.54) is 0 Å². The molecule has 0 atom stereocenters. The Balaban J connectivity index is 1.67. The van der Waals surface area contributed by atoms with Crippen LogP contribution in [0.4, 0.5) is 5.82 Å². The van der Waals surface area contributed by atoms with Crippen LogP contribution in [0.5, 0.6) is 0 Å². The minimum atomic E-state index is 0.325. The number of likely N-dealkylation sites (N-methyl/N-ethyl adjacent to an activating group) is 1. The van der Waals surface area contributed by atoms with Crippen LogP contribution in [0.25, 0.3) is 11.5 Å². The van der Waals surface area contributed by atoms with Crippen molar-refractivity contribution in [2.75, 3.05) is 25.1 Å². The Hall–Kier alpha value is -2.74. The van der Waals surface area contributed by atoms with E-state index >= 15 is 0 Å². The number of rotatable bonds is 8. The molecule has 0 saturated carbocycles. The lowest BCUT2D eigenvalue weighted by molar-refractivity contribution is 0.174. The molecule has 0 aliphatic rings. The fraction of sp³-hybridized carbons (Fsp3) is 0.375. The lowest BCUT2D eigenvalue weighted by atomic mass is 10.2. The van der Waals surface area contributed by atoms with Gasteiger partial charge in [0.25, 0.3) is 5.89 Å². The summed E-state index contributed by atoms with van der Waals surface area (Å²) in [6.45, 7) is 4.95. The first-order chi connectivity index (χ1) is 11.8. The van der Waals surface area contributed by atoms with E-state index < -0.39 is 0 Å². The molecule has 3 aromatic heterocycles. The molecule has 3 aromatic rings. The summed E-state index contributed by atoms with van der Waals surface area (Å²) in [5.41, 5.74) is 0.789. The summed E-state index contributed by atoms with van der Waals surface area (Å²) in [6.07, 6.45) is 5.49. The zero-order chi connectivity index (χ0) is 16.8. The first kappa shape index (κ1) is 16.1. The molecule has 0 amide bonds. The van der Waals surface area contributed by atoms with E-state index in [-0.39, 0.29) is 0 Å². The molecule has 8 nitrogen and oxygen atoms in total. The summed E-state index contributed by atoms with van der Waals surface area (Å²) in [5, 5.41) is 8.07. The number of pyridine rings is 1. The highest BCUT2D eigenvalue weighted by Crippen LogP contribution is 2.19. The topological polar surface area (TPSA) is 82.1 Å². The van der Waals surface area contributed by atoms with Gasteiger partial charge in [-0.2, -0.15) is 10.1 Å². The predicted molar refractivity (Wildman–Crippen MR) is 88.4 cm³/mol. The number of ether oxygens (including phenoxy) is 1. The SMILES string of the molecule is CCN(CCn1cccn1)c1ccc(-c2nc(COC)no2)cn1. The van der Waals surface area contributed by atoms with Crippen LogP contribution < -0.4 is 4.90 Å². The van der Waals surface area contributed by atoms with Gasteiger partial charge in [0.1, 0.15) is 12.4 Å². The summed E-state index contributed by atoms with van der Waals surface area (Å²) >= 11 is 0. The Morgan fingerprint density at radius 3 is 2.92 bits per heavy atom. The van der Waals surface area contributed by atoms with Crippen LogP contribution in [0.1, 0.15) is 12.7 Å². The van der Waals surface area contributed by atoms with Crippen LogP contribution >= 0.6 is 0 Å². The monoisotopic (exact) mass is 328 g/mol. The fourth-order valence-corrected chi connectivity index (χ4v) is 2.35. The molecule has 0 N–H and O–H groups in total.